The highest BCUT2D eigenvalue weighted by Crippen LogP contribution is 2.30. The van der Waals surface area contributed by atoms with Gasteiger partial charge in [0, 0.05) is 47.8 Å². The Kier molecular flexibility index (Phi) is 6.46. The quantitative estimate of drug-likeness (QED) is 0.585. The number of morpholine rings is 1. The number of ether oxygens (including phenoxy) is 1. The monoisotopic (exact) mass is 461 g/mol. The number of rotatable bonds is 4. The first-order valence-corrected chi connectivity index (χ1v) is 12.4. The number of amides is 2. The summed E-state index contributed by atoms with van der Waals surface area (Å²) in [6, 6.07) is 17.9. The number of hydrogen-bond acceptors (Lipinski definition) is 6. The molecule has 0 bridgehead atoms. The van der Waals surface area contributed by atoms with Gasteiger partial charge in [0.2, 0.25) is 0 Å². The van der Waals surface area contributed by atoms with Crippen LogP contribution in [0.15, 0.2) is 59.5 Å². The SMILES string of the molecule is CSc1ccc(NC(=O)N2CCc3nc(-c4ccccc4)nc(N4CCOCC4)c3C2)cc1. The van der Waals surface area contributed by atoms with Crippen molar-refractivity contribution in [2.24, 2.45) is 0 Å². The van der Waals surface area contributed by atoms with Crippen molar-refractivity contribution in [3.63, 3.8) is 0 Å². The molecule has 2 aliphatic heterocycles. The van der Waals surface area contributed by atoms with Gasteiger partial charge in [0.25, 0.3) is 0 Å². The first-order valence-electron chi connectivity index (χ1n) is 11.2. The topological polar surface area (TPSA) is 70.6 Å². The fourth-order valence-corrected chi connectivity index (χ4v) is 4.61. The second kappa shape index (κ2) is 9.80. The minimum Gasteiger partial charge on any atom is -0.378 e. The van der Waals surface area contributed by atoms with Crippen LogP contribution in [0.3, 0.4) is 0 Å². The second-order valence-corrected chi connectivity index (χ2v) is 8.97. The van der Waals surface area contributed by atoms with E-state index in [1.165, 1.54) is 4.90 Å². The number of anilines is 2. The van der Waals surface area contributed by atoms with E-state index in [0.29, 0.717) is 32.7 Å². The average molecular weight is 462 g/mol. The molecule has 0 saturated carbocycles. The number of hydrogen-bond donors (Lipinski definition) is 1. The summed E-state index contributed by atoms with van der Waals surface area (Å²) in [4.78, 5) is 28.2. The number of fused-ring (bicyclic) bond motifs is 1. The van der Waals surface area contributed by atoms with Crippen LogP contribution in [0, 0.1) is 0 Å². The van der Waals surface area contributed by atoms with E-state index in [0.717, 1.165) is 47.2 Å². The molecule has 1 fully saturated rings. The summed E-state index contributed by atoms with van der Waals surface area (Å²) < 4.78 is 5.56. The van der Waals surface area contributed by atoms with E-state index >= 15 is 0 Å². The third kappa shape index (κ3) is 4.82. The van der Waals surface area contributed by atoms with Crippen LogP contribution in [0.5, 0.6) is 0 Å². The molecule has 0 radical (unpaired) electrons. The number of nitrogens with one attached hydrogen (secondary N) is 1. The molecule has 0 atom stereocenters. The molecule has 2 amide bonds. The number of benzene rings is 2. The summed E-state index contributed by atoms with van der Waals surface area (Å²) in [7, 11) is 0. The summed E-state index contributed by atoms with van der Waals surface area (Å²) in [6.07, 6.45) is 2.74. The first-order chi connectivity index (χ1) is 16.2. The van der Waals surface area contributed by atoms with Crippen molar-refractivity contribution in [1.82, 2.24) is 14.9 Å². The second-order valence-electron chi connectivity index (χ2n) is 8.09. The zero-order valence-corrected chi connectivity index (χ0v) is 19.5. The van der Waals surface area contributed by atoms with Crippen LogP contribution >= 0.6 is 11.8 Å². The van der Waals surface area contributed by atoms with E-state index in [1.807, 2.05) is 65.8 Å². The normalized spacial score (nSPS) is 15.8. The van der Waals surface area contributed by atoms with Crippen molar-refractivity contribution >= 4 is 29.3 Å². The van der Waals surface area contributed by atoms with Crippen molar-refractivity contribution in [1.29, 1.82) is 0 Å². The Balaban J connectivity index is 1.42. The largest absolute Gasteiger partial charge is 0.378 e. The van der Waals surface area contributed by atoms with Crippen LogP contribution in [0.2, 0.25) is 0 Å². The van der Waals surface area contributed by atoms with Gasteiger partial charge in [-0.05, 0) is 30.5 Å². The van der Waals surface area contributed by atoms with Gasteiger partial charge in [-0.25, -0.2) is 14.8 Å². The molecule has 33 heavy (non-hydrogen) atoms. The number of aromatic nitrogens is 2. The standard InChI is InChI=1S/C25H27N5O2S/c1-33-20-9-7-19(8-10-20)26-25(31)30-12-11-22-21(17-30)24(29-13-15-32-16-14-29)28-23(27-22)18-5-3-2-4-6-18/h2-10H,11-17H2,1H3,(H,26,31). The average Bonchev–Trinajstić information content (AvgIpc) is 2.89. The highest BCUT2D eigenvalue weighted by atomic mass is 32.2. The molecule has 8 heteroatoms. The lowest BCUT2D eigenvalue weighted by atomic mass is 10.0. The zero-order chi connectivity index (χ0) is 22.6. The molecule has 5 rings (SSSR count). The molecule has 3 heterocycles. The van der Waals surface area contributed by atoms with Gasteiger partial charge in [-0.15, -0.1) is 11.8 Å². The van der Waals surface area contributed by atoms with E-state index in [2.05, 4.69) is 10.2 Å². The van der Waals surface area contributed by atoms with Gasteiger partial charge in [0.15, 0.2) is 5.82 Å². The molecule has 1 N–H and O–H groups in total. The van der Waals surface area contributed by atoms with Gasteiger partial charge >= 0.3 is 6.03 Å². The van der Waals surface area contributed by atoms with Crippen LogP contribution in [0.4, 0.5) is 16.3 Å². The fraction of sp³-hybridized carbons (Fsp3) is 0.320. The van der Waals surface area contributed by atoms with Crippen molar-refractivity contribution < 1.29 is 9.53 Å². The summed E-state index contributed by atoms with van der Waals surface area (Å²) >= 11 is 1.68. The van der Waals surface area contributed by atoms with Crippen molar-refractivity contribution in [2.75, 3.05) is 49.3 Å². The molecule has 1 saturated heterocycles. The molecule has 0 aliphatic carbocycles. The fourth-order valence-electron chi connectivity index (χ4n) is 4.20. The molecule has 170 valence electrons. The highest BCUT2D eigenvalue weighted by molar-refractivity contribution is 7.98. The minimum atomic E-state index is -0.0994. The Labute approximate surface area is 198 Å². The number of urea groups is 1. The first kappa shape index (κ1) is 21.7. The lowest BCUT2D eigenvalue weighted by Gasteiger charge is -2.34. The Bertz CT molecular complexity index is 1120. The zero-order valence-electron chi connectivity index (χ0n) is 18.7. The lowest BCUT2D eigenvalue weighted by Crippen LogP contribution is -2.42. The van der Waals surface area contributed by atoms with Crippen LogP contribution in [0.25, 0.3) is 11.4 Å². The molecule has 1 aromatic heterocycles. The number of nitrogens with zero attached hydrogens (tertiary/aromatic N) is 4. The molecular weight excluding hydrogens is 434 g/mol. The predicted molar refractivity (Wildman–Crippen MR) is 132 cm³/mol. The third-order valence-electron chi connectivity index (χ3n) is 6.01. The van der Waals surface area contributed by atoms with E-state index in [1.54, 1.807) is 11.8 Å². The van der Waals surface area contributed by atoms with Crippen LogP contribution in [-0.2, 0) is 17.7 Å². The lowest BCUT2D eigenvalue weighted by molar-refractivity contribution is 0.122. The van der Waals surface area contributed by atoms with Gasteiger partial charge in [-0.2, -0.15) is 0 Å². The number of thioether (sulfide) groups is 1. The van der Waals surface area contributed by atoms with E-state index < -0.39 is 0 Å². The highest BCUT2D eigenvalue weighted by Gasteiger charge is 2.28. The number of carbonyl (C=O) groups is 1. The molecule has 0 unspecified atom stereocenters. The van der Waals surface area contributed by atoms with Gasteiger partial charge < -0.3 is 19.9 Å². The summed E-state index contributed by atoms with van der Waals surface area (Å²) in [5, 5.41) is 3.03. The molecular formula is C25H27N5O2S. The smallest absolute Gasteiger partial charge is 0.322 e. The predicted octanol–water partition coefficient (Wildman–Crippen LogP) is 4.29. The van der Waals surface area contributed by atoms with Gasteiger partial charge in [-0.1, -0.05) is 30.3 Å². The maximum atomic E-state index is 13.0. The van der Waals surface area contributed by atoms with E-state index in [9.17, 15) is 4.79 Å². The maximum Gasteiger partial charge on any atom is 0.322 e. The van der Waals surface area contributed by atoms with E-state index in [4.69, 9.17) is 14.7 Å². The molecule has 0 spiro atoms. The van der Waals surface area contributed by atoms with Gasteiger partial charge in [0.05, 0.1) is 25.5 Å². The number of carbonyl (C=O) groups excluding carboxylic acids is 1. The Morgan fingerprint density at radius 1 is 1.00 bits per heavy atom. The van der Waals surface area contributed by atoms with Gasteiger partial charge in [0.1, 0.15) is 5.82 Å². The molecule has 2 aromatic carbocycles. The van der Waals surface area contributed by atoms with Crippen molar-refractivity contribution in [3.8, 4) is 11.4 Å². The minimum absolute atomic E-state index is 0.0994. The Morgan fingerprint density at radius 3 is 2.48 bits per heavy atom. The Hall–Kier alpha value is -3.10. The Morgan fingerprint density at radius 2 is 1.76 bits per heavy atom. The summed E-state index contributed by atoms with van der Waals surface area (Å²) in [5.74, 6) is 1.66. The molecule has 7 nitrogen and oxygen atoms in total. The summed E-state index contributed by atoms with van der Waals surface area (Å²) in [6.45, 7) is 4.03. The maximum absolute atomic E-state index is 13.0. The van der Waals surface area contributed by atoms with Crippen LogP contribution < -0.4 is 10.2 Å². The van der Waals surface area contributed by atoms with Crippen molar-refractivity contribution in [2.45, 2.75) is 17.9 Å². The van der Waals surface area contributed by atoms with E-state index in [-0.39, 0.29) is 6.03 Å². The molecule has 2 aliphatic rings. The molecule has 3 aromatic rings. The third-order valence-corrected chi connectivity index (χ3v) is 6.75. The van der Waals surface area contributed by atoms with Gasteiger partial charge in [-0.3, -0.25) is 0 Å². The van der Waals surface area contributed by atoms with Crippen LogP contribution in [0.1, 0.15) is 11.3 Å². The van der Waals surface area contributed by atoms with Crippen molar-refractivity contribution in [3.05, 3.63) is 65.9 Å². The summed E-state index contributed by atoms with van der Waals surface area (Å²) in [5.41, 5.74) is 3.87. The van der Waals surface area contributed by atoms with Crippen LogP contribution in [-0.4, -0.2) is 60.0 Å².